The summed E-state index contributed by atoms with van der Waals surface area (Å²) in [6.45, 7) is 28.2. The number of benzene rings is 7. The van der Waals surface area contributed by atoms with Crippen LogP contribution in [0, 0.1) is 0 Å². The van der Waals surface area contributed by atoms with Crippen molar-refractivity contribution >= 4 is 84.1 Å². The van der Waals surface area contributed by atoms with Gasteiger partial charge in [0, 0.05) is 43.9 Å². The van der Waals surface area contributed by atoms with E-state index in [1.165, 1.54) is 94.0 Å². The minimum atomic E-state index is -0.289. The first-order valence-electron chi connectivity index (χ1n) is 25.0. The van der Waals surface area contributed by atoms with Gasteiger partial charge >= 0.3 is 6.85 Å². The average Bonchev–Trinajstić information content (AvgIpc) is 4.03. The first-order chi connectivity index (χ1) is 32.2. The third-order valence-corrected chi connectivity index (χ3v) is 17.3. The van der Waals surface area contributed by atoms with Crippen molar-refractivity contribution in [2.24, 2.45) is 0 Å². The van der Waals surface area contributed by atoms with Gasteiger partial charge in [-0.1, -0.05) is 144 Å². The molecule has 0 unspecified atom stereocenters. The quantitative estimate of drug-likeness (QED) is 0.154. The SMILES string of the molecule is CC(C)(C)c1ccc(N2B3c4oc5ccc(C(C)(C)C)cc5c4-n4c5cc6c(cc5c5c7oc8ccccc8c7c(c3c54)-c3cc4c(cc32)C(C)(C)c2ccccc2-4)C(C)(C)CCC6(C)C)cc1. The number of para-hydroxylation sites is 1. The van der Waals surface area contributed by atoms with Crippen LogP contribution in [0.4, 0.5) is 11.4 Å². The molecule has 4 nitrogen and oxygen atoms in total. The summed E-state index contributed by atoms with van der Waals surface area (Å²) in [6, 6.07) is 44.5. The molecule has 14 rings (SSSR count). The Morgan fingerprint density at radius 2 is 1.21 bits per heavy atom. The molecule has 0 radical (unpaired) electrons. The monoisotopic (exact) mass is 886 g/mol. The fraction of sp³-hybridized carbons (Fsp3) is 0.302. The molecule has 10 aromatic rings. The molecule has 0 amide bonds. The van der Waals surface area contributed by atoms with Crippen LogP contribution in [0.1, 0.15) is 129 Å². The van der Waals surface area contributed by atoms with E-state index in [1.54, 1.807) is 0 Å². The molecular weight excluding hydrogens is 828 g/mol. The Morgan fingerprint density at radius 3 is 1.94 bits per heavy atom. The second kappa shape index (κ2) is 12.6. The molecule has 0 saturated heterocycles. The predicted octanol–water partition coefficient (Wildman–Crippen LogP) is 15.9. The summed E-state index contributed by atoms with van der Waals surface area (Å²) >= 11 is 0. The Hall–Kier alpha value is -6.46. The second-order valence-corrected chi connectivity index (χ2v) is 24.8. The highest BCUT2D eigenvalue weighted by molar-refractivity contribution is 6.93. The van der Waals surface area contributed by atoms with Gasteiger partial charge in [-0.2, -0.15) is 0 Å². The van der Waals surface area contributed by atoms with Crippen LogP contribution in [0.5, 0.6) is 0 Å². The molecule has 0 spiro atoms. The van der Waals surface area contributed by atoms with Crippen LogP contribution in [0.25, 0.3) is 82.7 Å². The summed E-state index contributed by atoms with van der Waals surface area (Å²) in [5.74, 6) is 0. The van der Waals surface area contributed by atoms with E-state index in [-0.39, 0.29) is 33.9 Å². The van der Waals surface area contributed by atoms with Gasteiger partial charge in [-0.3, -0.25) is 0 Å². The van der Waals surface area contributed by atoms with E-state index >= 15 is 0 Å². The van der Waals surface area contributed by atoms with Crippen LogP contribution < -0.4 is 15.9 Å². The smallest absolute Gasteiger partial charge is 0.376 e. The first-order valence-corrected chi connectivity index (χ1v) is 25.0. The van der Waals surface area contributed by atoms with Crippen LogP contribution in [-0.4, -0.2) is 11.4 Å². The van der Waals surface area contributed by atoms with Crippen molar-refractivity contribution in [3.05, 3.63) is 149 Å². The van der Waals surface area contributed by atoms with Crippen molar-refractivity contribution in [1.29, 1.82) is 0 Å². The molecule has 5 heterocycles. The molecule has 336 valence electrons. The van der Waals surface area contributed by atoms with Crippen LogP contribution in [-0.2, 0) is 27.1 Å². The molecule has 0 atom stereocenters. The fourth-order valence-electron chi connectivity index (χ4n) is 13.4. The van der Waals surface area contributed by atoms with Gasteiger partial charge in [-0.15, -0.1) is 0 Å². The highest BCUT2D eigenvalue weighted by atomic mass is 16.3. The van der Waals surface area contributed by atoms with Gasteiger partial charge in [0.2, 0.25) is 0 Å². The number of anilines is 2. The number of hydrogen-bond donors (Lipinski definition) is 0. The second-order valence-electron chi connectivity index (χ2n) is 24.8. The van der Waals surface area contributed by atoms with Gasteiger partial charge < -0.3 is 18.2 Å². The minimum absolute atomic E-state index is 0.00636. The van der Waals surface area contributed by atoms with Crippen molar-refractivity contribution in [2.45, 2.75) is 123 Å². The van der Waals surface area contributed by atoms with Gasteiger partial charge in [0.05, 0.1) is 22.1 Å². The highest BCUT2D eigenvalue weighted by Crippen LogP contribution is 2.58. The van der Waals surface area contributed by atoms with Crippen molar-refractivity contribution in [3.8, 4) is 27.9 Å². The summed E-state index contributed by atoms with van der Waals surface area (Å²) in [4.78, 5) is 2.65. The largest absolute Gasteiger partial charge is 0.466 e. The molecule has 0 bridgehead atoms. The molecule has 3 aromatic heterocycles. The zero-order valence-electron chi connectivity index (χ0n) is 41.7. The number of furan rings is 2. The molecule has 0 fully saturated rings. The maximum Gasteiger partial charge on any atom is 0.376 e. The first kappa shape index (κ1) is 40.6. The maximum atomic E-state index is 7.57. The van der Waals surface area contributed by atoms with Gasteiger partial charge in [0.15, 0.2) is 0 Å². The summed E-state index contributed by atoms with van der Waals surface area (Å²) < 4.78 is 17.6. The number of rotatable bonds is 1. The Morgan fingerprint density at radius 1 is 0.544 bits per heavy atom. The fourth-order valence-corrected chi connectivity index (χ4v) is 13.4. The van der Waals surface area contributed by atoms with Crippen LogP contribution in [0.2, 0.25) is 0 Å². The molecular formula is C63H59BN2O2. The van der Waals surface area contributed by atoms with E-state index in [2.05, 4.69) is 208 Å². The zero-order valence-corrected chi connectivity index (χ0v) is 41.7. The van der Waals surface area contributed by atoms with Crippen molar-refractivity contribution < 1.29 is 8.83 Å². The van der Waals surface area contributed by atoms with E-state index in [4.69, 9.17) is 8.83 Å². The van der Waals surface area contributed by atoms with Crippen molar-refractivity contribution in [2.75, 3.05) is 4.81 Å². The Labute approximate surface area is 400 Å². The van der Waals surface area contributed by atoms with Gasteiger partial charge in [-0.25, -0.2) is 0 Å². The number of fused-ring (bicyclic) bond motifs is 19. The van der Waals surface area contributed by atoms with Crippen LogP contribution in [0.15, 0.2) is 124 Å². The molecule has 2 aliphatic heterocycles. The summed E-state index contributed by atoms with van der Waals surface area (Å²) in [7, 11) is 0. The number of aromatic nitrogens is 1. The molecule has 7 aromatic carbocycles. The average molecular weight is 887 g/mol. The van der Waals surface area contributed by atoms with Gasteiger partial charge in [0.1, 0.15) is 22.4 Å². The molecule has 0 saturated carbocycles. The molecule has 0 N–H and O–H groups in total. The van der Waals surface area contributed by atoms with Crippen LogP contribution in [0.3, 0.4) is 0 Å². The molecule has 68 heavy (non-hydrogen) atoms. The Bertz CT molecular complexity index is 3910. The van der Waals surface area contributed by atoms with Crippen LogP contribution >= 0.6 is 0 Å². The highest BCUT2D eigenvalue weighted by Gasteiger charge is 2.51. The van der Waals surface area contributed by atoms with E-state index in [1.807, 2.05) is 0 Å². The lowest BCUT2D eigenvalue weighted by molar-refractivity contribution is 0.332. The standard InChI is InChI=1S/C63H59BN2O2/c1-59(2,3)34-21-24-36(25-22-34)66-48-32-44-39(37-17-13-15-19-43(37)63(44,11)12)30-40(48)51-52-38-18-14-16-20-49(38)67-57(52)53-41-31-45-46(62(9,10)28-27-61(45,7)8)33-47(41)65-55-42-29-35(60(4,5)6)23-26-50(42)68-58(55)64(66)54(51)56(53)65/h13-26,29-33H,27-28H2,1-12H3. The maximum absolute atomic E-state index is 7.57. The van der Waals surface area contributed by atoms with Crippen molar-refractivity contribution in [3.63, 3.8) is 0 Å². The molecule has 5 heteroatoms. The van der Waals surface area contributed by atoms with E-state index in [9.17, 15) is 0 Å². The van der Waals surface area contributed by atoms with E-state index < -0.39 is 0 Å². The Kier molecular flexibility index (Phi) is 7.52. The third-order valence-electron chi connectivity index (χ3n) is 17.3. The lowest BCUT2D eigenvalue weighted by Gasteiger charge is -2.42. The summed E-state index contributed by atoms with van der Waals surface area (Å²) in [5, 5.41) is 5.94. The van der Waals surface area contributed by atoms with E-state index in [0.717, 1.165) is 57.4 Å². The normalized spacial score (nSPS) is 17.3. The molecule has 2 aliphatic carbocycles. The van der Waals surface area contributed by atoms with E-state index in [0.29, 0.717) is 0 Å². The number of nitrogens with zero attached hydrogens (tertiary/aromatic N) is 2. The lowest BCUT2D eigenvalue weighted by Crippen LogP contribution is -2.60. The minimum Gasteiger partial charge on any atom is -0.466 e. The number of hydrogen-bond acceptors (Lipinski definition) is 3. The van der Waals surface area contributed by atoms with Crippen molar-refractivity contribution in [1.82, 2.24) is 4.57 Å². The Balaban J connectivity index is 1.24. The summed E-state index contributed by atoms with van der Waals surface area (Å²) in [5.41, 5.74) is 24.1. The third kappa shape index (κ3) is 5.02. The molecule has 4 aliphatic rings. The van der Waals surface area contributed by atoms with Gasteiger partial charge in [0.25, 0.3) is 0 Å². The lowest BCUT2D eigenvalue weighted by atomic mass is 9.46. The topological polar surface area (TPSA) is 34.5 Å². The van der Waals surface area contributed by atoms with Gasteiger partial charge in [-0.05, 0) is 145 Å². The summed E-state index contributed by atoms with van der Waals surface area (Å²) in [6.07, 6.45) is 2.29. The zero-order chi connectivity index (χ0) is 46.9. The predicted molar refractivity (Wildman–Crippen MR) is 287 cm³/mol.